The Hall–Kier alpha value is -0.850. The molecule has 1 aromatic rings. The van der Waals surface area contributed by atoms with Crippen molar-refractivity contribution in [1.29, 1.82) is 0 Å². The zero-order valence-corrected chi connectivity index (χ0v) is 12.8. The summed E-state index contributed by atoms with van der Waals surface area (Å²) in [5, 5.41) is 0.0986. The Morgan fingerprint density at radius 1 is 1.30 bits per heavy atom. The lowest BCUT2D eigenvalue weighted by atomic mass is 9.88. The Labute approximate surface area is 123 Å². The molecule has 0 radical (unpaired) electrons. The molecule has 0 amide bonds. The molecule has 0 unspecified atom stereocenters. The monoisotopic (exact) mass is 320 g/mol. The van der Waals surface area contributed by atoms with Crippen LogP contribution >= 0.6 is 11.6 Å². The van der Waals surface area contributed by atoms with Gasteiger partial charge in [-0.3, -0.25) is 0 Å². The summed E-state index contributed by atoms with van der Waals surface area (Å²) in [5.74, 6) is -0.347. The lowest BCUT2D eigenvalue weighted by molar-refractivity contribution is 0.332. The van der Waals surface area contributed by atoms with Gasteiger partial charge in [-0.25, -0.2) is 17.5 Å². The summed E-state index contributed by atoms with van der Waals surface area (Å²) < 4.78 is 40.9. The number of nitrogen functional groups attached to an aromatic ring is 1. The minimum absolute atomic E-state index is 0.0986. The van der Waals surface area contributed by atoms with Crippen molar-refractivity contribution < 1.29 is 12.8 Å². The number of anilines is 1. The van der Waals surface area contributed by atoms with Crippen LogP contribution in [-0.2, 0) is 10.0 Å². The number of halogens is 2. The fourth-order valence-electron chi connectivity index (χ4n) is 2.44. The van der Waals surface area contributed by atoms with Crippen molar-refractivity contribution in [2.45, 2.75) is 43.5 Å². The van der Waals surface area contributed by atoms with E-state index in [-0.39, 0.29) is 16.8 Å². The predicted molar refractivity (Wildman–Crippen MR) is 77.6 cm³/mol. The quantitative estimate of drug-likeness (QED) is 0.841. The van der Waals surface area contributed by atoms with E-state index in [9.17, 15) is 12.8 Å². The number of benzene rings is 1. The molecule has 1 fully saturated rings. The van der Waals surface area contributed by atoms with Crippen LogP contribution in [0.5, 0.6) is 0 Å². The van der Waals surface area contributed by atoms with Gasteiger partial charge in [-0.15, -0.1) is 0 Å². The molecule has 0 saturated heterocycles. The Morgan fingerprint density at radius 3 is 2.50 bits per heavy atom. The second kappa shape index (κ2) is 5.87. The molecule has 1 saturated carbocycles. The van der Waals surface area contributed by atoms with Crippen LogP contribution in [0, 0.1) is 11.7 Å². The molecular weight excluding hydrogens is 303 g/mol. The molecule has 0 spiro atoms. The SMILES string of the molecule is CC1CCC(NS(=O)(=O)c2cc(Cl)cc(N)c2F)CC1. The van der Waals surface area contributed by atoms with Crippen molar-refractivity contribution in [1.82, 2.24) is 4.72 Å². The van der Waals surface area contributed by atoms with Crippen LogP contribution in [0.25, 0.3) is 0 Å². The zero-order valence-electron chi connectivity index (χ0n) is 11.2. The first-order chi connectivity index (χ1) is 9.29. The van der Waals surface area contributed by atoms with E-state index in [4.69, 9.17) is 17.3 Å². The van der Waals surface area contributed by atoms with Gasteiger partial charge in [0.2, 0.25) is 10.0 Å². The lowest BCUT2D eigenvalue weighted by Crippen LogP contribution is -2.37. The third kappa shape index (κ3) is 3.42. The maximum absolute atomic E-state index is 13.9. The van der Waals surface area contributed by atoms with Crippen molar-refractivity contribution in [3.8, 4) is 0 Å². The second-order valence-corrected chi connectivity index (χ2v) is 7.50. The van der Waals surface area contributed by atoms with Crippen LogP contribution in [-0.4, -0.2) is 14.5 Å². The number of nitrogens with one attached hydrogen (secondary N) is 1. The highest BCUT2D eigenvalue weighted by Gasteiger charge is 2.27. The first kappa shape index (κ1) is 15.5. The van der Waals surface area contributed by atoms with Crippen molar-refractivity contribution in [3.05, 3.63) is 23.0 Å². The number of hydrogen-bond donors (Lipinski definition) is 2. The van der Waals surface area contributed by atoms with Crippen molar-refractivity contribution in [3.63, 3.8) is 0 Å². The molecular formula is C13H18ClFN2O2S. The number of nitrogens with two attached hydrogens (primary N) is 1. The van der Waals surface area contributed by atoms with E-state index in [1.54, 1.807) is 0 Å². The summed E-state index contributed by atoms with van der Waals surface area (Å²) in [6.07, 6.45) is 3.46. The molecule has 3 N–H and O–H groups in total. The molecule has 0 atom stereocenters. The number of hydrogen-bond acceptors (Lipinski definition) is 3. The first-order valence-corrected chi connectivity index (χ1v) is 8.42. The third-order valence-electron chi connectivity index (χ3n) is 3.66. The standard InChI is InChI=1S/C13H18ClFN2O2S/c1-8-2-4-10(5-3-8)17-20(18,19)12-7-9(14)6-11(16)13(12)15/h6-8,10,17H,2-5,16H2,1H3. The van der Waals surface area contributed by atoms with Gasteiger partial charge in [0.1, 0.15) is 4.90 Å². The van der Waals surface area contributed by atoms with Gasteiger partial charge in [-0.2, -0.15) is 0 Å². The molecule has 0 heterocycles. The lowest BCUT2D eigenvalue weighted by Gasteiger charge is -2.26. The Kier molecular flexibility index (Phi) is 4.56. The van der Waals surface area contributed by atoms with Crippen LogP contribution in [0.2, 0.25) is 5.02 Å². The maximum atomic E-state index is 13.9. The fourth-order valence-corrected chi connectivity index (χ4v) is 4.17. The van der Waals surface area contributed by atoms with Gasteiger partial charge in [-0.05, 0) is 43.7 Å². The van der Waals surface area contributed by atoms with Crippen LogP contribution < -0.4 is 10.5 Å². The normalized spacial score (nSPS) is 23.8. The molecule has 0 aliphatic heterocycles. The van der Waals surface area contributed by atoms with Gasteiger partial charge in [0.15, 0.2) is 5.82 Å². The van der Waals surface area contributed by atoms with Crippen LogP contribution in [0.15, 0.2) is 17.0 Å². The maximum Gasteiger partial charge on any atom is 0.243 e. The highest BCUT2D eigenvalue weighted by atomic mass is 35.5. The number of rotatable bonds is 3. The van der Waals surface area contributed by atoms with E-state index in [1.165, 1.54) is 6.07 Å². The Bertz CT molecular complexity index is 599. The average Bonchev–Trinajstić information content (AvgIpc) is 2.36. The zero-order chi connectivity index (χ0) is 14.9. The van der Waals surface area contributed by atoms with E-state index in [2.05, 4.69) is 11.6 Å². The summed E-state index contributed by atoms with van der Waals surface area (Å²) in [6, 6.07) is 2.12. The van der Waals surface area contributed by atoms with Crippen LogP contribution in [0.4, 0.5) is 10.1 Å². The summed E-state index contributed by atoms with van der Waals surface area (Å²) in [4.78, 5) is -0.485. The summed E-state index contributed by atoms with van der Waals surface area (Å²) in [7, 11) is -3.94. The molecule has 1 aliphatic rings. The summed E-state index contributed by atoms with van der Waals surface area (Å²) >= 11 is 5.75. The van der Waals surface area contributed by atoms with Gasteiger partial charge >= 0.3 is 0 Å². The molecule has 7 heteroatoms. The van der Waals surface area contributed by atoms with E-state index >= 15 is 0 Å². The van der Waals surface area contributed by atoms with Gasteiger partial charge in [-0.1, -0.05) is 18.5 Å². The highest BCUT2D eigenvalue weighted by Crippen LogP contribution is 2.28. The average molecular weight is 321 g/mol. The summed E-state index contributed by atoms with van der Waals surface area (Å²) in [6.45, 7) is 2.14. The smallest absolute Gasteiger partial charge is 0.243 e. The molecule has 2 rings (SSSR count). The topological polar surface area (TPSA) is 72.2 Å². The van der Waals surface area contributed by atoms with Gasteiger partial charge < -0.3 is 5.73 Å². The Morgan fingerprint density at radius 2 is 1.90 bits per heavy atom. The Balaban J connectivity index is 2.23. The molecule has 1 aromatic carbocycles. The van der Waals surface area contributed by atoms with Gasteiger partial charge in [0, 0.05) is 11.1 Å². The minimum atomic E-state index is -3.94. The van der Waals surface area contributed by atoms with Crippen molar-refractivity contribution in [2.24, 2.45) is 5.92 Å². The van der Waals surface area contributed by atoms with Crippen molar-refractivity contribution in [2.75, 3.05) is 5.73 Å². The van der Waals surface area contributed by atoms with E-state index in [1.807, 2.05) is 0 Å². The summed E-state index contributed by atoms with van der Waals surface area (Å²) in [5.41, 5.74) is 5.15. The third-order valence-corrected chi connectivity index (χ3v) is 5.40. The minimum Gasteiger partial charge on any atom is -0.396 e. The molecule has 0 bridgehead atoms. The molecule has 0 aromatic heterocycles. The molecule has 1 aliphatic carbocycles. The van der Waals surface area contributed by atoms with E-state index < -0.39 is 20.7 Å². The highest BCUT2D eigenvalue weighted by molar-refractivity contribution is 7.89. The van der Waals surface area contributed by atoms with E-state index in [0.29, 0.717) is 5.92 Å². The van der Waals surface area contributed by atoms with Crippen molar-refractivity contribution >= 4 is 27.3 Å². The van der Waals surface area contributed by atoms with Gasteiger partial charge in [0.25, 0.3) is 0 Å². The van der Waals surface area contributed by atoms with Gasteiger partial charge in [0.05, 0.1) is 5.69 Å². The molecule has 20 heavy (non-hydrogen) atoms. The molecule has 4 nitrogen and oxygen atoms in total. The second-order valence-electron chi connectivity index (χ2n) is 5.39. The number of sulfonamides is 1. The first-order valence-electron chi connectivity index (χ1n) is 6.56. The predicted octanol–water partition coefficient (Wildman–Crippen LogP) is 2.92. The molecule has 112 valence electrons. The van der Waals surface area contributed by atoms with E-state index in [0.717, 1.165) is 31.7 Å². The largest absolute Gasteiger partial charge is 0.396 e. The fraction of sp³-hybridized carbons (Fsp3) is 0.538. The van der Waals surface area contributed by atoms with Crippen LogP contribution in [0.1, 0.15) is 32.6 Å². The van der Waals surface area contributed by atoms with Crippen LogP contribution in [0.3, 0.4) is 0 Å².